The van der Waals surface area contributed by atoms with Crippen LogP contribution in [0.25, 0.3) is 0 Å². The summed E-state index contributed by atoms with van der Waals surface area (Å²) in [6, 6.07) is 0. The highest BCUT2D eigenvalue weighted by Crippen LogP contribution is 2.16. The van der Waals surface area contributed by atoms with Crippen LogP contribution in [0.4, 0.5) is 0 Å². The molecule has 29 heavy (non-hydrogen) atoms. The number of ether oxygens (including phenoxy) is 1. The molecule has 0 atom stereocenters. The zero-order valence-corrected chi connectivity index (χ0v) is 20.4. The number of aliphatic imine (C=N–C) groups is 1. The van der Waals surface area contributed by atoms with E-state index in [1.807, 2.05) is 6.33 Å². The van der Waals surface area contributed by atoms with E-state index in [4.69, 9.17) is 9.73 Å². The summed E-state index contributed by atoms with van der Waals surface area (Å²) in [6.07, 6.45) is 6.33. The quantitative estimate of drug-likeness (QED) is 0.245. The Morgan fingerprint density at radius 3 is 2.69 bits per heavy atom. The molecule has 0 saturated carbocycles. The predicted octanol–water partition coefficient (Wildman–Crippen LogP) is 1.86. The van der Waals surface area contributed by atoms with E-state index >= 15 is 0 Å². The highest BCUT2D eigenvalue weighted by atomic mass is 127. The first-order chi connectivity index (χ1) is 13.8. The molecule has 0 unspecified atom stereocenters. The Morgan fingerprint density at radius 1 is 1.21 bits per heavy atom. The topological polar surface area (TPSA) is 70.8 Å². The van der Waals surface area contributed by atoms with Crippen LogP contribution < -0.4 is 5.32 Å². The minimum atomic E-state index is 0. The van der Waals surface area contributed by atoms with Crippen LogP contribution in [-0.4, -0.2) is 89.6 Å². The van der Waals surface area contributed by atoms with E-state index in [1.54, 1.807) is 0 Å². The van der Waals surface area contributed by atoms with Gasteiger partial charge < -0.3 is 19.5 Å². The molecule has 0 amide bonds. The summed E-state index contributed by atoms with van der Waals surface area (Å²) in [6.45, 7) is 14.2. The van der Waals surface area contributed by atoms with Crippen molar-refractivity contribution >= 4 is 29.9 Å². The number of rotatable bonds is 8. The molecule has 1 aromatic rings. The molecule has 0 aliphatic carbocycles. The summed E-state index contributed by atoms with van der Waals surface area (Å²) in [5.74, 6) is 2.93. The Balaban J connectivity index is 0.00000300. The van der Waals surface area contributed by atoms with Crippen LogP contribution in [0.5, 0.6) is 0 Å². The highest BCUT2D eigenvalue weighted by Gasteiger charge is 2.19. The number of piperidine rings is 1. The van der Waals surface area contributed by atoms with Gasteiger partial charge in [0.15, 0.2) is 5.96 Å². The molecular weight excluding hydrogens is 481 g/mol. The van der Waals surface area contributed by atoms with Crippen molar-refractivity contribution in [2.75, 3.05) is 59.0 Å². The Bertz CT molecular complexity index is 595. The standard InChI is InChI=1S/C20H37N7O.HI/c1-3-19-24-23-17-27(19)12-8-22-20(26-10-5-18(2)6-11-26)21-7-4-9-25-13-15-28-16-14-25;/h17-18H,3-16H2,1-2H3,(H,21,22);1H. The number of morpholine rings is 1. The molecule has 0 spiro atoms. The van der Waals surface area contributed by atoms with Crippen molar-refractivity contribution in [1.29, 1.82) is 0 Å². The lowest BCUT2D eigenvalue weighted by atomic mass is 10.00. The molecule has 0 aromatic carbocycles. The Kier molecular flexibility index (Phi) is 11.2. The summed E-state index contributed by atoms with van der Waals surface area (Å²) in [5, 5.41) is 11.8. The first-order valence-electron chi connectivity index (χ1n) is 11.0. The van der Waals surface area contributed by atoms with Crippen molar-refractivity contribution in [2.24, 2.45) is 10.9 Å². The van der Waals surface area contributed by atoms with Gasteiger partial charge in [-0.05, 0) is 25.2 Å². The second-order valence-electron chi connectivity index (χ2n) is 7.90. The fourth-order valence-electron chi connectivity index (χ4n) is 3.82. The fraction of sp³-hybridized carbons (Fsp3) is 0.850. The Hall–Kier alpha value is -0.940. The smallest absolute Gasteiger partial charge is 0.193 e. The molecule has 2 aliphatic heterocycles. The summed E-state index contributed by atoms with van der Waals surface area (Å²) < 4.78 is 7.55. The van der Waals surface area contributed by atoms with Crippen LogP contribution >= 0.6 is 24.0 Å². The number of guanidine groups is 1. The van der Waals surface area contributed by atoms with Gasteiger partial charge in [-0.25, -0.2) is 0 Å². The Morgan fingerprint density at radius 2 is 1.97 bits per heavy atom. The van der Waals surface area contributed by atoms with Gasteiger partial charge in [-0.3, -0.25) is 9.89 Å². The second-order valence-corrected chi connectivity index (χ2v) is 7.90. The molecule has 2 fully saturated rings. The number of likely N-dealkylation sites (tertiary alicyclic amines) is 1. The van der Waals surface area contributed by atoms with Crippen molar-refractivity contribution in [1.82, 2.24) is 29.9 Å². The van der Waals surface area contributed by atoms with Crippen molar-refractivity contribution in [3.63, 3.8) is 0 Å². The first kappa shape index (κ1) is 24.3. The largest absolute Gasteiger partial charge is 0.379 e. The number of hydrogen-bond acceptors (Lipinski definition) is 5. The van der Waals surface area contributed by atoms with Gasteiger partial charge in [0.2, 0.25) is 0 Å². The van der Waals surface area contributed by atoms with E-state index < -0.39 is 0 Å². The minimum absolute atomic E-state index is 0. The molecule has 8 nitrogen and oxygen atoms in total. The van der Waals surface area contributed by atoms with Gasteiger partial charge >= 0.3 is 0 Å². The molecule has 2 saturated heterocycles. The van der Waals surface area contributed by atoms with E-state index in [-0.39, 0.29) is 24.0 Å². The number of nitrogens with one attached hydrogen (secondary N) is 1. The number of aromatic nitrogens is 3. The third kappa shape index (κ3) is 8.01. The second kappa shape index (κ2) is 13.4. The summed E-state index contributed by atoms with van der Waals surface area (Å²) in [4.78, 5) is 9.86. The van der Waals surface area contributed by atoms with Gasteiger partial charge in [0.25, 0.3) is 0 Å². The van der Waals surface area contributed by atoms with E-state index in [0.717, 1.165) is 96.1 Å². The lowest BCUT2D eigenvalue weighted by Crippen LogP contribution is -2.46. The molecule has 166 valence electrons. The first-order valence-corrected chi connectivity index (χ1v) is 11.0. The maximum absolute atomic E-state index is 5.43. The number of halogens is 1. The predicted molar refractivity (Wildman–Crippen MR) is 127 cm³/mol. The maximum Gasteiger partial charge on any atom is 0.193 e. The van der Waals surface area contributed by atoms with Gasteiger partial charge in [0, 0.05) is 58.8 Å². The number of nitrogens with zero attached hydrogens (tertiary/aromatic N) is 6. The average Bonchev–Trinajstić information content (AvgIpc) is 3.19. The van der Waals surface area contributed by atoms with Gasteiger partial charge in [-0.2, -0.15) is 0 Å². The number of aryl methyl sites for hydroxylation is 1. The van der Waals surface area contributed by atoms with Crippen molar-refractivity contribution in [2.45, 2.75) is 46.1 Å². The average molecular weight is 519 g/mol. The van der Waals surface area contributed by atoms with Crippen LogP contribution in [0, 0.1) is 5.92 Å². The number of hydrogen-bond donors (Lipinski definition) is 1. The fourth-order valence-corrected chi connectivity index (χ4v) is 3.82. The molecule has 0 radical (unpaired) electrons. The molecule has 0 bridgehead atoms. The van der Waals surface area contributed by atoms with Crippen LogP contribution in [0.1, 0.15) is 38.9 Å². The molecule has 9 heteroatoms. The van der Waals surface area contributed by atoms with E-state index in [9.17, 15) is 0 Å². The molecule has 1 aromatic heterocycles. The van der Waals surface area contributed by atoms with E-state index in [1.165, 1.54) is 12.8 Å². The Labute approximate surface area is 192 Å². The zero-order valence-electron chi connectivity index (χ0n) is 18.1. The monoisotopic (exact) mass is 519 g/mol. The highest BCUT2D eigenvalue weighted by molar-refractivity contribution is 14.0. The van der Waals surface area contributed by atoms with Gasteiger partial charge in [0.1, 0.15) is 12.2 Å². The summed E-state index contributed by atoms with van der Waals surface area (Å²) >= 11 is 0. The van der Waals surface area contributed by atoms with Crippen LogP contribution in [-0.2, 0) is 17.7 Å². The van der Waals surface area contributed by atoms with Gasteiger partial charge in [-0.15, -0.1) is 34.2 Å². The SMILES string of the molecule is CCc1nncn1CCNC(=NCCCN1CCOCC1)N1CCC(C)CC1.I. The molecular formula is C20H38IN7O. The molecule has 2 aliphatic rings. The molecule has 1 N–H and O–H groups in total. The summed E-state index contributed by atoms with van der Waals surface area (Å²) in [7, 11) is 0. The maximum atomic E-state index is 5.43. The van der Waals surface area contributed by atoms with Gasteiger partial charge in [0.05, 0.1) is 13.2 Å². The van der Waals surface area contributed by atoms with Crippen LogP contribution in [0.3, 0.4) is 0 Å². The van der Waals surface area contributed by atoms with Crippen LogP contribution in [0.2, 0.25) is 0 Å². The normalized spacial score (nSPS) is 19.2. The minimum Gasteiger partial charge on any atom is -0.379 e. The zero-order chi connectivity index (χ0) is 19.6. The van der Waals surface area contributed by atoms with E-state index in [0.29, 0.717) is 0 Å². The lowest BCUT2D eigenvalue weighted by molar-refractivity contribution is 0.0377. The summed E-state index contributed by atoms with van der Waals surface area (Å²) in [5.41, 5.74) is 0. The van der Waals surface area contributed by atoms with Gasteiger partial charge in [-0.1, -0.05) is 13.8 Å². The van der Waals surface area contributed by atoms with E-state index in [2.05, 4.69) is 43.7 Å². The third-order valence-electron chi connectivity index (χ3n) is 5.73. The molecule has 3 heterocycles. The third-order valence-corrected chi connectivity index (χ3v) is 5.73. The lowest BCUT2D eigenvalue weighted by Gasteiger charge is -2.33. The van der Waals surface area contributed by atoms with Crippen molar-refractivity contribution < 1.29 is 4.74 Å². The van der Waals surface area contributed by atoms with Crippen molar-refractivity contribution in [3.05, 3.63) is 12.2 Å². The van der Waals surface area contributed by atoms with Crippen LogP contribution in [0.15, 0.2) is 11.3 Å². The molecule has 3 rings (SSSR count). The van der Waals surface area contributed by atoms with Crippen molar-refractivity contribution in [3.8, 4) is 0 Å².